The molecule has 0 atom stereocenters. The highest BCUT2D eigenvalue weighted by atomic mass is 32.1. The summed E-state index contributed by atoms with van der Waals surface area (Å²) in [5.74, 6) is -0.627. The summed E-state index contributed by atoms with van der Waals surface area (Å²) >= 11 is 1.18. The van der Waals surface area contributed by atoms with Gasteiger partial charge < -0.3 is 4.74 Å². The van der Waals surface area contributed by atoms with E-state index in [0.717, 1.165) is 0 Å². The fourth-order valence-electron chi connectivity index (χ4n) is 0.933. The number of ketones is 1. The molecule has 0 saturated carbocycles. The number of ether oxygens (including phenoxy) is 1. The van der Waals surface area contributed by atoms with Crippen LogP contribution in [0.4, 0.5) is 0 Å². The van der Waals surface area contributed by atoms with Crippen LogP contribution in [0.25, 0.3) is 0 Å². The number of Topliss-reactive ketones (excluding diaryl/α,β-unsaturated/α-hetero) is 1. The zero-order chi connectivity index (χ0) is 11.4. The summed E-state index contributed by atoms with van der Waals surface area (Å²) < 4.78 is 4.78. The molecular weight excluding hydrogens is 214 g/mol. The molecule has 0 radical (unpaired) electrons. The van der Waals surface area contributed by atoms with Crippen molar-refractivity contribution in [3.8, 4) is 0 Å². The molecule has 0 saturated heterocycles. The highest BCUT2D eigenvalue weighted by Gasteiger charge is 2.18. The molecule has 0 aliphatic heterocycles. The monoisotopic (exact) mass is 227 g/mol. The molecule has 1 aromatic heterocycles. The van der Waals surface area contributed by atoms with Gasteiger partial charge in [0.2, 0.25) is 0 Å². The Kier molecular flexibility index (Phi) is 3.96. The number of aromatic nitrogens is 1. The number of hydrogen-bond donors (Lipinski definition) is 0. The molecule has 82 valence electrons. The molecule has 1 heterocycles. The van der Waals surface area contributed by atoms with E-state index in [9.17, 15) is 9.59 Å². The van der Waals surface area contributed by atoms with Gasteiger partial charge in [0, 0.05) is 11.3 Å². The molecule has 0 N–H and O–H groups in total. The van der Waals surface area contributed by atoms with Crippen molar-refractivity contribution in [3.63, 3.8) is 0 Å². The van der Waals surface area contributed by atoms with Gasteiger partial charge in [-0.25, -0.2) is 9.78 Å². The molecule has 1 rings (SSSR count). The van der Waals surface area contributed by atoms with Gasteiger partial charge >= 0.3 is 5.97 Å². The van der Waals surface area contributed by atoms with E-state index in [1.165, 1.54) is 11.3 Å². The fourth-order valence-corrected chi connectivity index (χ4v) is 1.81. The van der Waals surface area contributed by atoms with Crippen LogP contribution in [0.2, 0.25) is 0 Å². The number of nitrogens with zero attached hydrogens (tertiary/aromatic N) is 1. The smallest absolute Gasteiger partial charge is 0.357 e. The van der Waals surface area contributed by atoms with Crippen molar-refractivity contribution in [1.82, 2.24) is 4.98 Å². The van der Waals surface area contributed by atoms with Gasteiger partial charge in [0.15, 0.2) is 16.5 Å². The van der Waals surface area contributed by atoms with Crippen molar-refractivity contribution >= 4 is 23.1 Å². The average Bonchev–Trinajstić information content (AvgIpc) is 2.65. The van der Waals surface area contributed by atoms with Crippen LogP contribution in [0, 0.1) is 5.92 Å². The Morgan fingerprint density at radius 1 is 1.53 bits per heavy atom. The van der Waals surface area contributed by atoms with Gasteiger partial charge in [0.25, 0.3) is 0 Å². The summed E-state index contributed by atoms with van der Waals surface area (Å²) in [5, 5.41) is 1.92. The molecule has 5 heteroatoms. The fraction of sp³-hybridized carbons (Fsp3) is 0.500. The lowest BCUT2D eigenvalue weighted by Crippen LogP contribution is -2.09. The minimum atomic E-state index is -0.475. The summed E-state index contributed by atoms with van der Waals surface area (Å²) in [7, 11) is 0. The van der Waals surface area contributed by atoms with Gasteiger partial charge in [0.1, 0.15) is 0 Å². The first-order chi connectivity index (χ1) is 7.06. The first-order valence-corrected chi connectivity index (χ1v) is 5.61. The minimum absolute atomic E-state index is 0.0458. The Morgan fingerprint density at radius 2 is 2.20 bits per heavy atom. The maximum absolute atomic E-state index is 11.5. The maximum Gasteiger partial charge on any atom is 0.357 e. The molecule has 0 unspecified atom stereocenters. The Balaban J connectivity index is 2.80. The first kappa shape index (κ1) is 11.8. The van der Waals surface area contributed by atoms with E-state index in [4.69, 9.17) is 4.74 Å². The summed E-state index contributed by atoms with van der Waals surface area (Å²) in [6, 6.07) is 0. The third-order valence-corrected chi connectivity index (χ3v) is 2.58. The number of esters is 1. The average molecular weight is 227 g/mol. The van der Waals surface area contributed by atoms with E-state index < -0.39 is 5.97 Å². The lowest BCUT2D eigenvalue weighted by Gasteiger charge is -1.98. The predicted octanol–water partition coefficient (Wildman–Crippen LogP) is 2.16. The van der Waals surface area contributed by atoms with Crippen LogP contribution in [0.1, 0.15) is 41.1 Å². The second-order valence-corrected chi connectivity index (χ2v) is 4.14. The van der Waals surface area contributed by atoms with Crippen LogP contribution in [0.3, 0.4) is 0 Å². The molecule has 15 heavy (non-hydrogen) atoms. The van der Waals surface area contributed by atoms with E-state index in [0.29, 0.717) is 11.6 Å². The third kappa shape index (κ3) is 2.86. The quantitative estimate of drug-likeness (QED) is 0.584. The predicted molar refractivity (Wildman–Crippen MR) is 57.2 cm³/mol. The van der Waals surface area contributed by atoms with Crippen LogP contribution in [0.5, 0.6) is 0 Å². The van der Waals surface area contributed by atoms with Gasteiger partial charge in [-0.2, -0.15) is 0 Å². The van der Waals surface area contributed by atoms with Gasteiger partial charge in [-0.15, -0.1) is 11.3 Å². The van der Waals surface area contributed by atoms with Crippen LogP contribution >= 0.6 is 11.3 Å². The van der Waals surface area contributed by atoms with Gasteiger partial charge in [-0.3, -0.25) is 4.79 Å². The molecule has 0 spiro atoms. The Hall–Kier alpha value is -1.23. The molecule has 0 bridgehead atoms. The first-order valence-electron chi connectivity index (χ1n) is 4.73. The Labute approximate surface area is 92.3 Å². The highest BCUT2D eigenvalue weighted by Crippen LogP contribution is 2.15. The zero-order valence-electron chi connectivity index (χ0n) is 8.94. The summed E-state index contributed by atoms with van der Waals surface area (Å²) in [6.07, 6.45) is 0. The number of rotatable bonds is 4. The van der Waals surface area contributed by atoms with Crippen molar-refractivity contribution in [2.24, 2.45) is 5.92 Å². The summed E-state index contributed by atoms with van der Waals surface area (Å²) in [4.78, 5) is 26.7. The van der Waals surface area contributed by atoms with Crippen LogP contribution in [0.15, 0.2) is 5.38 Å². The SMILES string of the molecule is CCOC(=O)c1csc(C(=O)C(C)C)n1. The van der Waals surface area contributed by atoms with Crippen molar-refractivity contribution in [3.05, 3.63) is 16.1 Å². The number of hydrogen-bond acceptors (Lipinski definition) is 5. The lowest BCUT2D eigenvalue weighted by atomic mass is 10.1. The van der Waals surface area contributed by atoms with Crippen LogP contribution < -0.4 is 0 Å². The minimum Gasteiger partial charge on any atom is -0.461 e. The van der Waals surface area contributed by atoms with Crippen molar-refractivity contribution in [1.29, 1.82) is 0 Å². The normalized spacial score (nSPS) is 10.4. The van der Waals surface area contributed by atoms with E-state index in [-0.39, 0.29) is 17.4 Å². The summed E-state index contributed by atoms with van der Waals surface area (Å²) in [6.45, 7) is 5.63. The van der Waals surface area contributed by atoms with Crippen molar-refractivity contribution in [2.45, 2.75) is 20.8 Å². The Morgan fingerprint density at radius 3 is 2.73 bits per heavy atom. The van der Waals surface area contributed by atoms with E-state index >= 15 is 0 Å². The third-order valence-electron chi connectivity index (χ3n) is 1.72. The summed E-state index contributed by atoms with van der Waals surface area (Å²) in [5.41, 5.74) is 0.214. The van der Waals surface area contributed by atoms with E-state index in [1.807, 2.05) is 0 Å². The van der Waals surface area contributed by atoms with Crippen molar-refractivity contribution in [2.75, 3.05) is 6.61 Å². The van der Waals surface area contributed by atoms with Gasteiger partial charge in [-0.1, -0.05) is 13.8 Å². The second-order valence-electron chi connectivity index (χ2n) is 3.28. The van der Waals surface area contributed by atoms with Crippen LogP contribution in [-0.2, 0) is 4.74 Å². The van der Waals surface area contributed by atoms with Gasteiger partial charge in [0.05, 0.1) is 6.61 Å². The van der Waals surface area contributed by atoms with E-state index in [1.54, 1.807) is 26.2 Å². The zero-order valence-corrected chi connectivity index (χ0v) is 9.76. The van der Waals surface area contributed by atoms with Gasteiger partial charge in [-0.05, 0) is 6.92 Å². The molecule has 0 fully saturated rings. The molecular formula is C10H13NO3S. The van der Waals surface area contributed by atoms with Crippen LogP contribution in [-0.4, -0.2) is 23.3 Å². The largest absolute Gasteiger partial charge is 0.461 e. The molecule has 0 aliphatic carbocycles. The topological polar surface area (TPSA) is 56.3 Å². The molecule has 0 amide bonds. The number of thiazole rings is 1. The molecule has 1 aromatic rings. The maximum atomic E-state index is 11.5. The number of carbonyl (C=O) groups is 2. The lowest BCUT2D eigenvalue weighted by molar-refractivity contribution is 0.0520. The van der Waals surface area contributed by atoms with E-state index in [2.05, 4.69) is 4.98 Å². The second kappa shape index (κ2) is 5.02. The highest BCUT2D eigenvalue weighted by molar-refractivity contribution is 7.11. The van der Waals surface area contributed by atoms with Crippen molar-refractivity contribution < 1.29 is 14.3 Å². The molecule has 0 aliphatic rings. The molecule has 0 aromatic carbocycles. The Bertz CT molecular complexity index is 370. The number of carbonyl (C=O) groups excluding carboxylic acids is 2. The molecule has 4 nitrogen and oxygen atoms in total. The standard InChI is InChI=1S/C10H13NO3S/c1-4-14-10(13)7-5-15-9(11-7)8(12)6(2)3/h5-6H,4H2,1-3H3.